The largest absolute Gasteiger partial charge is 0.497 e. The highest BCUT2D eigenvalue weighted by atomic mass is 16.5. The van der Waals surface area contributed by atoms with Gasteiger partial charge in [-0.1, -0.05) is 6.92 Å². The first-order valence-electron chi connectivity index (χ1n) is 8.26. The van der Waals surface area contributed by atoms with Gasteiger partial charge in [-0.05, 0) is 44.5 Å². The maximum Gasteiger partial charge on any atom is 0.191 e. The number of hydrogen-bond acceptors (Lipinski definition) is 4. The molecule has 1 aromatic carbocycles. The molecule has 7 heteroatoms. The molecule has 3 N–H and O–H groups in total. The molecule has 1 aromatic heterocycles. The van der Waals surface area contributed by atoms with Gasteiger partial charge in [-0.25, -0.2) is 9.98 Å². The van der Waals surface area contributed by atoms with Crippen molar-refractivity contribution in [2.24, 2.45) is 4.99 Å². The van der Waals surface area contributed by atoms with E-state index in [1.165, 1.54) is 0 Å². The summed E-state index contributed by atoms with van der Waals surface area (Å²) in [5.41, 5.74) is 0.937. The number of rotatable bonds is 7. The minimum absolute atomic E-state index is 0.368. The second-order valence-electron chi connectivity index (χ2n) is 5.48. The number of aliphatic imine (C=N–C) groups is 1. The molecule has 0 fully saturated rings. The van der Waals surface area contributed by atoms with Crippen molar-refractivity contribution in [3.63, 3.8) is 0 Å². The van der Waals surface area contributed by atoms with Crippen molar-refractivity contribution in [1.29, 1.82) is 0 Å². The van der Waals surface area contributed by atoms with Gasteiger partial charge >= 0.3 is 0 Å². The molecule has 7 nitrogen and oxygen atoms in total. The highest BCUT2D eigenvalue weighted by Crippen LogP contribution is 2.18. The Morgan fingerprint density at radius 3 is 2.67 bits per heavy atom. The van der Waals surface area contributed by atoms with E-state index < -0.39 is 0 Å². The van der Waals surface area contributed by atoms with Crippen molar-refractivity contribution in [3.05, 3.63) is 30.1 Å². The molecule has 0 radical (unpaired) electrons. The fourth-order valence-electron chi connectivity index (χ4n) is 2.04. The van der Waals surface area contributed by atoms with E-state index in [1.807, 2.05) is 31.2 Å². The molecule has 0 bridgehead atoms. The Bertz CT molecular complexity index is 649. The Morgan fingerprint density at radius 2 is 2.04 bits per heavy atom. The highest BCUT2D eigenvalue weighted by molar-refractivity contribution is 5.79. The third-order valence-electron chi connectivity index (χ3n) is 3.61. The number of nitrogens with one attached hydrogen (secondary N) is 3. The molecule has 1 atom stereocenters. The predicted molar refractivity (Wildman–Crippen MR) is 96.1 cm³/mol. The van der Waals surface area contributed by atoms with Crippen LogP contribution >= 0.6 is 0 Å². The highest BCUT2D eigenvalue weighted by Gasteiger charge is 2.07. The zero-order valence-corrected chi connectivity index (χ0v) is 14.8. The van der Waals surface area contributed by atoms with Crippen LogP contribution in [0.15, 0.2) is 29.3 Å². The monoisotopic (exact) mass is 330 g/mol. The molecule has 1 unspecified atom stereocenters. The molecule has 0 aliphatic rings. The molecule has 0 amide bonds. The van der Waals surface area contributed by atoms with E-state index in [1.54, 1.807) is 7.11 Å². The van der Waals surface area contributed by atoms with Crippen LogP contribution in [0.3, 0.4) is 0 Å². The van der Waals surface area contributed by atoms with E-state index in [4.69, 9.17) is 4.74 Å². The summed E-state index contributed by atoms with van der Waals surface area (Å²) in [6, 6.07) is 8.02. The number of ether oxygens (including phenoxy) is 1. The first kappa shape index (κ1) is 17.8. The van der Waals surface area contributed by atoms with Crippen molar-refractivity contribution in [3.8, 4) is 17.1 Å². The van der Waals surface area contributed by atoms with Gasteiger partial charge in [0, 0.05) is 18.2 Å². The molecule has 1 heterocycles. The summed E-state index contributed by atoms with van der Waals surface area (Å²) >= 11 is 0. The van der Waals surface area contributed by atoms with E-state index >= 15 is 0 Å². The van der Waals surface area contributed by atoms with Crippen molar-refractivity contribution >= 4 is 5.96 Å². The molecule has 2 rings (SSSR count). The number of aromatic nitrogens is 3. The fourth-order valence-corrected chi connectivity index (χ4v) is 2.04. The van der Waals surface area contributed by atoms with Crippen molar-refractivity contribution < 1.29 is 4.74 Å². The van der Waals surface area contributed by atoms with Crippen LogP contribution in [0.5, 0.6) is 5.75 Å². The standard InChI is InChI=1S/C17H26N6O/c1-5-12(3)20-17(18-6-2)19-11-15-21-16(23-22-15)13-7-9-14(24-4)10-8-13/h7-10,12H,5-6,11H2,1-4H3,(H2,18,19,20)(H,21,22,23). The fraction of sp³-hybridized carbons (Fsp3) is 0.471. The average molecular weight is 330 g/mol. The average Bonchev–Trinajstić information content (AvgIpc) is 3.08. The van der Waals surface area contributed by atoms with Crippen LogP contribution in [0.1, 0.15) is 33.0 Å². The molecule has 24 heavy (non-hydrogen) atoms. The maximum absolute atomic E-state index is 5.16. The summed E-state index contributed by atoms with van der Waals surface area (Å²) in [6.45, 7) is 7.57. The van der Waals surface area contributed by atoms with Crippen LogP contribution in [-0.4, -0.2) is 40.8 Å². The van der Waals surface area contributed by atoms with E-state index in [9.17, 15) is 0 Å². The third kappa shape index (κ3) is 4.97. The predicted octanol–water partition coefficient (Wildman–Crippen LogP) is 2.33. The SMILES string of the molecule is CCNC(=NCc1nc(-c2ccc(OC)cc2)n[nH]1)NC(C)CC. The van der Waals surface area contributed by atoms with Gasteiger partial charge in [0.1, 0.15) is 18.1 Å². The van der Waals surface area contributed by atoms with Crippen LogP contribution < -0.4 is 15.4 Å². The molecule has 0 spiro atoms. The molecule has 0 aliphatic carbocycles. The minimum atomic E-state index is 0.368. The first-order valence-corrected chi connectivity index (χ1v) is 8.26. The van der Waals surface area contributed by atoms with Crippen LogP contribution in [0.2, 0.25) is 0 Å². The summed E-state index contributed by atoms with van der Waals surface area (Å²) in [4.78, 5) is 9.04. The second-order valence-corrected chi connectivity index (χ2v) is 5.48. The quantitative estimate of drug-likeness (QED) is 0.536. The van der Waals surface area contributed by atoms with Gasteiger partial charge in [0.15, 0.2) is 11.8 Å². The van der Waals surface area contributed by atoms with Gasteiger partial charge in [0.2, 0.25) is 0 Å². The molecule has 2 aromatic rings. The number of benzene rings is 1. The summed E-state index contributed by atoms with van der Waals surface area (Å²) in [6.07, 6.45) is 1.04. The van der Waals surface area contributed by atoms with Gasteiger partial charge in [0.05, 0.1) is 7.11 Å². The first-order chi connectivity index (χ1) is 11.7. The van der Waals surface area contributed by atoms with Crippen LogP contribution in [0, 0.1) is 0 Å². The van der Waals surface area contributed by atoms with Gasteiger partial charge in [-0.2, -0.15) is 5.10 Å². The number of guanidine groups is 1. The second kappa shape index (κ2) is 8.90. The lowest BCUT2D eigenvalue weighted by Crippen LogP contribution is -2.41. The summed E-state index contributed by atoms with van der Waals surface area (Å²) in [5, 5.41) is 13.8. The van der Waals surface area contributed by atoms with Crippen molar-refractivity contribution in [2.75, 3.05) is 13.7 Å². The Balaban J connectivity index is 2.04. The number of nitrogens with zero attached hydrogens (tertiary/aromatic N) is 3. The number of hydrogen-bond donors (Lipinski definition) is 3. The van der Waals surface area contributed by atoms with Crippen LogP contribution in [0.4, 0.5) is 0 Å². The van der Waals surface area contributed by atoms with Crippen molar-refractivity contribution in [2.45, 2.75) is 39.8 Å². The lowest BCUT2D eigenvalue weighted by atomic mass is 10.2. The molecular weight excluding hydrogens is 304 g/mol. The third-order valence-corrected chi connectivity index (χ3v) is 3.61. The lowest BCUT2D eigenvalue weighted by Gasteiger charge is -2.15. The van der Waals surface area contributed by atoms with E-state index in [-0.39, 0.29) is 0 Å². The van der Waals surface area contributed by atoms with E-state index in [2.05, 4.69) is 44.7 Å². The smallest absolute Gasteiger partial charge is 0.191 e. The van der Waals surface area contributed by atoms with Crippen molar-refractivity contribution in [1.82, 2.24) is 25.8 Å². The molecular formula is C17H26N6O. The normalized spacial score (nSPS) is 12.8. The Kier molecular flexibility index (Phi) is 6.60. The Hall–Kier alpha value is -2.57. The minimum Gasteiger partial charge on any atom is -0.497 e. The summed E-state index contributed by atoms with van der Waals surface area (Å²) in [7, 11) is 1.65. The van der Waals surface area contributed by atoms with Crippen LogP contribution in [-0.2, 0) is 6.54 Å². The van der Waals surface area contributed by atoms with Gasteiger partial charge in [-0.15, -0.1) is 0 Å². The summed E-state index contributed by atoms with van der Waals surface area (Å²) in [5.74, 6) is 2.98. The van der Waals surface area contributed by atoms with E-state index in [0.29, 0.717) is 18.4 Å². The molecule has 0 saturated carbocycles. The topological polar surface area (TPSA) is 87.2 Å². The number of aromatic amines is 1. The number of H-pyrrole nitrogens is 1. The number of methoxy groups -OCH3 is 1. The zero-order valence-electron chi connectivity index (χ0n) is 14.8. The van der Waals surface area contributed by atoms with E-state index in [0.717, 1.165) is 36.1 Å². The Morgan fingerprint density at radius 1 is 1.29 bits per heavy atom. The Labute approximate surface area is 142 Å². The van der Waals surface area contributed by atoms with Crippen LogP contribution in [0.25, 0.3) is 11.4 Å². The van der Waals surface area contributed by atoms with Gasteiger partial charge in [-0.3, -0.25) is 5.10 Å². The molecule has 0 saturated heterocycles. The summed E-state index contributed by atoms with van der Waals surface area (Å²) < 4.78 is 5.16. The maximum atomic E-state index is 5.16. The van der Waals surface area contributed by atoms with Gasteiger partial charge < -0.3 is 15.4 Å². The zero-order chi connectivity index (χ0) is 17.4. The molecule has 0 aliphatic heterocycles. The van der Waals surface area contributed by atoms with Gasteiger partial charge in [0.25, 0.3) is 0 Å². The lowest BCUT2D eigenvalue weighted by molar-refractivity contribution is 0.415. The molecule has 130 valence electrons.